The lowest BCUT2D eigenvalue weighted by atomic mass is 9.94. The van der Waals surface area contributed by atoms with E-state index in [0.29, 0.717) is 5.56 Å². The van der Waals surface area contributed by atoms with Crippen molar-refractivity contribution in [1.82, 2.24) is 0 Å². The summed E-state index contributed by atoms with van der Waals surface area (Å²) < 4.78 is 0. The average Bonchev–Trinajstić information content (AvgIpc) is 2.60. The Morgan fingerprint density at radius 2 is 1.61 bits per heavy atom. The molecule has 23 heavy (non-hydrogen) atoms. The van der Waals surface area contributed by atoms with E-state index in [-0.39, 0.29) is 29.0 Å². The monoisotopic (exact) mass is 306 g/mol. The number of nitrogens with zero attached hydrogens (tertiary/aromatic N) is 6. The minimum Gasteiger partial charge on any atom is -0.289 e. The fourth-order valence-electron chi connectivity index (χ4n) is 2.11. The SMILES string of the molecule is [N-]=[N+]=NCc1c(C(=O)N=[N+]=[N-])cccc1C(=O)c1ccccc1. The zero-order chi connectivity index (χ0) is 16.7. The highest BCUT2D eigenvalue weighted by Crippen LogP contribution is 2.21. The molecular formula is C15H10N6O2. The van der Waals surface area contributed by atoms with Crippen LogP contribution < -0.4 is 0 Å². The van der Waals surface area contributed by atoms with Gasteiger partial charge in [0.15, 0.2) is 5.78 Å². The summed E-state index contributed by atoms with van der Waals surface area (Å²) in [4.78, 5) is 29.6. The van der Waals surface area contributed by atoms with Gasteiger partial charge >= 0.3 is 0 Å². The van der Waals surface area contributed by atoms with Gasteiger partial charge in [0.05, 0.1) is 6.54 Å². The summed E-state index contributed by atoms with van der Waals surface area (Å²) >= 11 is 0. The molecule has 0 saturated heterocycles. The zero-order valence-corrected chi connectivity index (χ0v) is 11.8. The van der Waals surface area contributed by atoms with Crippen LogP contribution in [-0.4, -0.2) is 11.7 Å². The van der Waals surface area contributed by atoms with Crippen LogP contribution in [-0.2, 0) is 6.54 Å². The molecule has 0 saturated carbocycles. The summed E-state index contributed by atoms with van der Waals surface area (Å²) in [6, 6.07) is 13.0. The molecule has 1 amide bonds. The number of ketones is 1. The van der Waals surface area contributed by atoms with Crippen LogP contribution in [0.25, 0.3) is 20.9 Å². The highest BCUT2D eigenvalue weighted by atomic mass is 16.1. The van der Waals surface area contributed by atoms with Crippen molar-refractivity contribution in [2.45, 2.75) is 6.54 Å². The van der Waals surface area contributed by atoms with Gasteiger partial charge in [0.1, 0.15) is 0 Å². The van der Waals surface area contributed by atoms with Gasteiger partial charge in [-0.15, -0.1) is 0 Å². The predicted molar refractivity (Wildman–Crippen MR) is 82.6 cm³/mol. The number of azide groups is 2. The van der Waals surface area contributed by atoms with E-state index in [1.807, 2.05) is 0 Å². The van der Waals surface area contributed by atoms with Gasteiger partial charge in [0.2, 0.25) is 5.91 Å². The lowest BCUT2D eigenvalue weighted by Gasteiger charge is -2.10. The van der Waals surface area contributed by atoms with Gasteiger partial charge in [-0.05, 0) is 21.7 Å². The molecule has 0 N–H and O–H groups in total. The fourth-order valence-corrected chi connectivity index (χ4v) is 2.11. The molecule has 0 fully saturated rings. The molecule has 0 radical (unpaired) electrons. The number of benzene rings is 2. The second-order valence-electron chi connectivity index (χ2n) is 4.41. The van der Waals surface area contributed by atoms with Gasteiger partial charge in [0.25, 0.3) is 0 Å². The van der Waals surface area contributed by atoms with E-state index in [1.165, 1.54) is 18.2 Å². The molecule has 8 nitrogen and oxygen atoms in total. The van der Waals surface area contributed by atoms with Crippen LogP contribution in [0.4, 0.5) is 0 Å². The van der Waals surface area contributed by atoms with Gasteiger partial charge in [-0.25, -0.2) is 0 Å². The van der Waals surface area contributed by atoms with Gasteiger partial charge in [-0.3, -0.25) is 9.59 Å². The smallest absolute Gasteiger partial charge is 0.249 e. The fraction of sp³-hybridized carbons (Fsp3) is 0.0667. The van der Waals surface area contributed by atoms with E-state index < -0.39 is 5.91 Å². The Morgan fingerprint density at radius 1 is 0.913 bits per heavy atom. The Kier molecular flexibility index (Phi) is 5.09. The van der Waals surface area contributed by atoms with Gasteiger partial charge < -0.3 is 0 Å². The molecule has 0 aliphatic carbocycles. The molecule has 8 heteroatoms. The number of amides is 1. The number of rotatable bonds is 5. The average molecular weight is 306 g/mol. The largest absolute Gasteiger partial charge is 0.289 e. The van der Waals surface area contributed by atoms with E-state index in [2.05, 4.69) is 20.1 Å². The minimum absolute atomic E-state index is 0.0389. The summed E-state index contributed by atoms with van der Waals surface area (Å²) in [6.07, 6.45) is 0. The molecule has 112 valence electrons. The van der Waals surface area contributed by atoms with Crippen molar-refractivity contribution in [2.75, 3.05) is 0 Å². The molecule has 0 aromatic heterocycles. The van der Waals surface area contributed by atoms with Crippen molar-refractivity contribution in [1.29, 1.82) is 0 Å². The van der Waals surface area contributed by atoms with Crippen LogP contribution in [0.2, 0.25) is 0 Å². The quantitative estimate of drug-likeness (QED) is 0.355. The highest BCUT2D eigenvalue weighted by Gasteiger charge is 2.18. The molecule has 0 unspecified atom stereocenters. The number of carbonyl (C=O) groups excluding carboxylic acids is 2. The van der Waals surface area contributed by atoms with Gasteiger partial charge in [0, 0.05) is 26.5 Å². The van der Waals surface area contributed by atoms with Gasteiger partial charge in [-0.2, -0.15) is 0 Å². The third-order valence-corrected chi connectivity index (χ3v) is 3.11. The third-order valence-electron chi connectivity index (χ3n) is 3.11. The maximum absolute atomic E-state index is 12.6. The van der Waals surface area contributed by atoms with Crippen molar-refractivity contribution in [3.63, 3.8) is 0 Å². The number of carbonyl (C=O) groups is 2. The molecule has 0 bridgehead atoms. The van der Waals surface area contributed by atoms with Crippen LogP contribution in [0.15, 0.2) is 58.8 Å². The molecule has 0 spiro atoms. The van der Waals surface area contributed by atoms with Gasteiger partial charge in [-0.1, -0.05) is 53.6 Å². The molecule has 0 aliphatic heterocycles. The van der Waals surface area contributed by atoms with E-state index >= 15 is 0 Å². The van der Waals surface area contributed by atoms with E-state index in [1.54, 1.807) is 30.3 Å². The molecule has 2 aromatic rings. The summed E-state index contributed by atoms with van der Waals surface area (Å²) in [5, 5.41) is 6.46. The first-order valence-corrected chi connectivity index (χ1v) is 6.51. The maximum atomic E-state index is 12.6. The van der Waals surface area contributed by atoms with Crippen molar-refractivity contribution in [3.05, 3.63) is 91.7 Å². The van der Waals surface area contributed by atoms with Crippen molar-refractivity contribution in [3.8, 4) is 0 Å². The number of hydrogen-bond donors (Lipinski definition) is 0. The zero-order valence-electron chi connectivity index (χ0n) is 11.8. The Bertz CT molecular complexity index is 850. The summed E-state index contributed by atoms with van der Waals surface area (Å²) in [7, 11) is 0. The van der Waals surface area contributed by atoms with E-state index in [4.69, 9.17) is 11.1 Å². The second kappa shape index (κ2) is 7.42. The van der Waals surface area contributed by atoms with Crippen LogP contribution in [0, 0.1) is 0 Å². The van der Waals surface area contributed by atoms with Crippen LogP contribution >= 0.6 is 0 Å². The highest BCUT2D eigenvalue weighted by molar-refractivity contribution is 6.11. The van der Waals surface area contributed by atoms with Crippen molar-refractivity contribution < 1.29 is 9.59 Å². The van der Waals surface area contributed by atoms with Crippen LogP contribution in [0.3, 0.4) is 0 Å². The van der Waals surface area contributed by atoms with Crippen LogP contribution in [0.5, 0.6) is 0 Å². The van der Waals surface area contributed by atoms with Crippen LogP contribution in [0.1, 0.15) is 31.8 Å². The summed E-state index contributed by atoms with van der Waals surface area (Å²) in [5.41, 5.74) is 17.9. The van der Waals surface area contributed by atoms with Crippen molar-refractivity contribution >= 4 is 11.7 Å². The first-order valence-electron chi connectivity index (χ1n) is 6.51. The Morgan fingerprint density at radius 3 is 2.26 bits per heavy atom. The maximum Gasteiger partial charge on any atom is 0.249 e. The lowest BCUT2D eigenvalue weighted by Crippen LogP contribution is -2.10. The molecular weight excluding hydrogens is 296 g/mol. The first kappa shape index (κ1) is 15.8. The normalized spacial score (nSPS) is 9.39. The minimum atomic E-state index is -0.835. The predicted octanol–water partition coefficient (Wildman–Crippen LogP) is 4.18. The number of hydrogen-bond acceptors (Lipinski definition) is 3. The topological polar surface area (TPSA) is 132 Å². The summed E-state index contributed by atoms with van der Waals surface area (Å²) in [6.45, 7) is -0.201. The summed E-state index contributed by atoms with van der Waals surface area (Å²) in [5.74, 6) is -1.15. The molecule has 2 aromatic carbocycles. The second-order valence-corrected chi connectivity index (χ2v) is 4.41. The standard InChI is InChI=1S/C15H10N6O2/c16-20-18-9-13-11(14(22)10-5-2-1-3-6-10)7-4-8-12(13)15(23)19-21-17/h1-8H,9H2. The molecule has 0 atom stereocenters. The Labute approximate surface area is 130 Å². The Hall–Kier alpha value is -3.60. The van der Waals surface area contributed by atoms with Crippen molar-refractivity contribution in [2.24, 2.45) is 10.2 Å². The van der Waals surface area contributed by atoms with E-state index in [0.717, 1.165) is 0 Å². The lowest BCUT2D eigenvalue weighted by molar-refractivity contribution is 0.0999. The first-order chi connectivity index (χ1) is 11.2. The molecule has 0 aliphatic rings. The Balaban J connectivity index is 2.60. The van der Waals surface area contributed by atoms with E-state index in [9.17, 15) is 9.59 Å². The molecule has 2 rings (SSSR count). The third kappa shape index (κ3) is 3.54. The molecule has 0 heterocycles.